The monoisotopic (exact) mass is 511 g/mol. The zero-order valence-corrected chi connectivity index (χ0v) is 20.9. The van der Waals surface area contributed by atoms with Crippen LogP contribution in [-0.4, -0.2) is 45.4 Å². The van der Waals surface area contributed by atoms with Gasteiger partial charge in [-0.25, -0.2) is 4.39 Å². The molecule has 3 aromatic rings. The minimum Gasteiger partial charge on any atom is -0.496 e. The van der Waals surface area contributed by atoms with E-state index in [9.17, 15) is 17.6 Å². The molecule has 3 aromatic carbocycles. The number of rotatable bonds is 9. The normalized spacial score (nSPS) is 15.8. The molecule has 1 saturated heterocycles. The number of amides is 1. The third kappa shape index (κ3) is 5.92. The first kappa shape index (κ1) is 25.8. The molecule has 0 aliphatic carbocycles. The van der Waals surface area contributed by atoms with Gasteiger partial charge in [-0.2, -0.15) is 17.4 Å². The predicted octanol–water partition coefficient (Wildman–Crippen LogP) is 3.63. The van der Waals surface area contributed by atoms with Gasteiger partial charge >= 0.3 is 0 Å². The number of carbonyl (C=O) groups is 1. The molecule has 1 heterocycles. The van der Waals surface area contributed by atoms with Crippen molar-refractivity contribution in [3.8, 4) is 5.75 Å². The summed E-state index contributed by atoms with van der Waals surface area (Å²) in [5.41, 5.74) is 1.77. The third-order valence-corrected chi connectivity index (χ3v) is 8.27. The van der Waals surface area contributed by atoms with Crippen LogP contribution in [0.3, 0.4) is 0 Å². The molecule has 4 rings (SSSR count). The molecule has 1 amide bonds. The van der Waals surface area contributed by atoms with Crippen molar-refractivity contribution in [2.75, 3.05) is 26.7 Å². The van der Waals surface area contributed by atoms with E-state index in [1.54, 1.807) is 36.4 Å². The fraction of sp³-hybridized carbons (Fsp3) is 0.296. The molecular weight excluding hydrogens is 481 g/mol. The molecule has 1 aliphatic heterocycles. The molecule has 0 saturated carbocycles. The van der Waals surface area contributed by atoms with E-state index in [1.807, 2.05) is 30.3 Å². The van der Waals surface area contributed by atoms with Crippen LogP contribution in [-0.2, 0) is 22.2 Å². The highest BCUT2D eigenvalue weighted by Gasteiger charge is 2.39. The average molecular weight is 512 g/mol. The Bertz CT molecular complexity index is 1280. The maximum Gasteiger partial charge on any atom is 0.279 e. The van der Waals surface area contributed by atoms with E-state index < -0.39 is 15.6 Å². The molecule has 9 heteroatoms. The van der Waals surface area contributed by atoms with Gasteiger partial charge in [0.05, 0.1) is 12.7 Å². The van der Waals surface area contributed by atoms with Crippen molar-refractivity contribution >= 4 is 16.1 Å². The summed E-state index contributed by atoms with van der Waals surface area (Å²) >= 11 is 0. The van der Waals surface area contributed by atoms with Crippen molar-refractivity contribution in [1.82, 2.24) is 14.3 Å². The van der Waals surface area contributed by atoms with Crippen LogP contribution in [0.4, 0.5) is 4.39 Å². The zero-order chi connectivity index (χ0) is 25.6. The molecule has 190 valence electrons. The summed E-state index contributed by atoms with van der Waals surface area (Å²) in [7, 11) is -2.20. The van der Waals surface area contributed by atoms with E-state index in [0.717, 1.165) is 5.56 Å². The molecule has 0 radical (unpaired) electrons. The van der Waals surface area contributed by atoms with Gasteiger partial charge in [0.1, 0.15) is 11.6 Å². The van der Waals surface area contributed by atoms with E-state index in [0.29, 0.717) is 49.4 Å². The molecule has 0 spiro atoms. The summed E-state index contributed by atoms with van der Waals surface area (Å²) in [6.07, 6.45) is 1.08. The van der Waals surface area contributed by atoms with Crippen LogP contribution < -0.4 is 14.8 Å². The highest BCUT2D eigenvalue weighted by Crippen LogP contribution is 2.36. The number of nitrogens with zero attached hydrogens (tertiary/aromatic N) is 1. The number of ether oxygens (including phenoxy) is 1. The lowest BCUT2D eigenvalue weighted by Crippen LogP contribution is -2.52. The van der Waals surface area contributed by atoms with Gasteiger partial charge in [-0.1, -0.05) is 54.6 Å². The smallest absolute Gasteiger partial charge is 0.279 e. The van der Waals surface area contributed by atoms with Crippen LogP contribution in [0, 0.1) is 5.82 Å². The summed E-state index contributed by atoms with van der Waals surface area (Å²) < 4.78 is 48.4. The Kier molecular flexibility index (Phi) is 8.03. The van der Waals surface area contributed by atoms with Gasteiger partial charge in [0.2, 0.25) is 0 Å². The van der Waals surface area contributed by atoms with Crippen molar-refractivity contribution in [3.05, 3.63) is 101 Å². The molecule has 0 unspecified atom stereocenters. The quantitative estimate of drug-likeness (QED) is 0.459. The van der Waals surface area contributed by atoms with Crippen molar-refractivity contribution in [3.63, 3.8) is 0 Å². The number of piperidine rings is 1. The summed E-state index contributed by atoms with van der Waals surface area (Å²) in [6.45, 7) is 1.05. The number of nitrogens with one attached hydrogen (secondary N) is 2. The van der Waals surface area contributed by atoms with Crippen LogP contribution in [0.15, 0.2) is 78.9 Å². The topological polar surface area (TPSA) is 87.7 Å². The van der Waals surface area contributed by atoms with Crippen molar-refractivity contribution in [2.24, 2.45) is 0 Å². The molecule has 0 aromatic heterocycles. The minimum atomic E-state index is -3.72. The van der Waals surface area contributed by atoms with Gasteiger partial charge in [-0.05, 0) is 48.2 Å². The fourth-order valence-electron chi connectivity index (χ4n) is 4.56. The van der Waals surface area contributed by atoms with Crippen molar-refractivity contribution in [1.29, 1.82) is 0 Å². The number of benzene rings is 3. The first-order chi connectivity index (χ1) is 17.3. The number of methoxy groups -OCH3 is 1. The number of hydrogen-bond acceptors (Lipinski definition) is 4. The molecule has 2 N–H and O–H groups in total. The Hall–Kier alpha value is -3.27. The largest absolute Gasteiger partial charge is 0.496 e. The predicted molar refractivity (Wildman–Crippen MR) is 136 cm³/mol. The van der Waals surface area contributed by atoms with Crippen LogP contribution in [0.5, 0.6) is 5.75 Å². The first-order valence-electron chi connectivity index (χ1n) is 11.8. The van der Waals surface area contributed by atoms with E-state index in [4.69, 9.17) is 4.74 Å². The second kappa shape index (κ2) is 11.2. The van der Waals surface area contributed by atoms with Crippen LogP contribution in [0.25, 0.3) is 0 Å². The molecular formula is C27H30FN3O4S. The third-order valence-electron chi connectivity index (χ3n) is 6.72. The SMILES string of the molecule is COc1ccccc1C(=O)NCC1(c2ccccc2)CCN(S(=O)(=O)NCc2ccc(F)cc2)CC1. The van der Waals surface area contributed by atoms with Crippen molar-refractivity contribution in [2.45, 2.75) is 24.8 Å². The van der Waals surface area contributed by atoms with Crippen LogP contribution in [0.1, 0.15) is 34.3 Å². The summed E-state index contributed by atoms with van der Waals surface area (Å²) in [6, 6.07) is 22.6. The van der Waals surface area contributed by atoms with Crippen LogP contribution >= 0.6 is 0 Å². The second-order valence-electron chi connectivity index (χ2n) is 8.88. The molecule has 1 aliphatic rings. The Morgan fingerprint density at radius 3 is 2.28 bits per heavy atom. The van der Waals surface area contributed by atoms with Gasteiger partial charge in [0.15, 0.2) is 0 Å². The molecule has 7 nitrogen and oxygen atoms in total. The maximum atomic E-state index is 13.1. The highest BCUT2D eigenvalue weighted by molar-refractivity contribution is 7.87. The Morgan fingerprint density at radius 1 is 0.972 bits per heavy atom. The standard InChI is InChI=1S/C27H30FN3O4S/c1-35-25-10-6-5-9-24(25)26(32)29-20-27(22-7-3-2-4-8-22)15-17-31(18-16-27)36(33,34)30-19-21-11-13-23(28)14-12-21/h2-14,30H,15-20H2,1H3,(H,29,32). The number of carbonyl (C=O) groups excluding carboxylic acids is 1. The summed E-state index contributed by atoms with van der Waals surface area (Å²) in [4.78, 5) is 13.0. The number of hydrogen-bond donors (Lipinski definition) is 2. The lowest BCUT2D eigenvalue weighted by molar-refractivity contribution is 0.0929. The van der Waals surface area contributed by atoms with Crippen molar-refractivity contribution < 1.29 is 22.3 Å². The van der Waals surface area contributed by atoms with E-state index in [1.165, 1.54) is 23.5 Å². The Balaban J connectivity index is 1.45. The lowest BCUT2D eigenvalue weighted by atomic mass is 9.73. The maximum absolute atomic E-state index is 13.1. The van der Waals surface area contributed by atoms with Gasteiger partial charge in [0, 0.05) is 31.6 Å². The lowest BCUT2D eigenvalue weighted by Gasteiger charge is -2.42. The Labute approximate surface area is 211 Å². The number of para-hydroxylation sites is 1. The van der Waals surface area contributed by atoms with E-state index in [-0.39, 0.29) is 18.3 Å². The summed E-state index contributed by atoms with van der Waals surface area (Å²) in [5, 5.41) is 3.05. The van der Waals surface area contributed by atoms with Gasteiger partial charge < -0.3 is 10.1 Å². The minimum absolute atomic E-state index is 0.0813. The molecule has 36 heavy (non-hydrogen) atoms. The summed E-state index contributed by atoms with van der Waals surface area (Å²) in [5.74, 6) is -0.108. The fourth-order valence-corrected chi connectivity index (χ4v) is 5.75. The first-order valence-corrected chi connectivity index (χ1v) is 13.2. The highest BCUT2D eigenvalue weighted by atomic mass is 32.2. The van der Waals surface area contributed by atoms with E-state index in [2.05, 4.69) is 10.0 Å². The zero-order valence-electron chi connectivity index (χ0n) is 20.1. The number of halogens is 1. The van der Waals surface area contributed by atoms with Gasteiger partial charge in [-0.3, -0.25) is 4.79 Å². The van der Waals surface area contributed by atoms with E-state index >= 15 is 0 Å². The molecule has 0 atom stereocenters. The molecule has 1 fully saturated rings. The second-order valence-corrected chi connectivity index (χ2v) is 10.6. The average Bonchev–Trinajstić information content (AvgIpc) is 2.92. The van der Waals surface area contributed by atoms with Gasteiger partial charge in [0.25, 0.3) is 16.1 Å². The molecule has 0 bridgehead atoms. The van der Waals surface area contributed by atoms with Crippen LogP contribution in [0.2, 0.25) is 0 Å². The van der Waals surface area contributed by atoms with Gasteiger partial charge in [-0.15, -0.1) is 0 Å². The Morgan fingerprint density at radius 2 is 1.61 bits per heavy atom.